The van der Waals surface area contributed by atoms with Gasteiger partial charge in [0.15, 0.2) is 0 Å². The molecule has 0 radical (unpaired) electrons. The summed E-state index contributed by atoms with van der Waals surface area (Å²) in [6, 6.07) is 14.9. The van der Waals surface area contributed by atoms with Gasteiger partial charge < -0.3 is 0 Å². The fraction of sp³-hybridized carbons (Fsp3) is 0.250. The summed E-state index contributed by atoms with van der Waals surface area (Å²) in [6.07, 6.45) is 2.95. The Morgan fingerprint density at radius 1 is 1.00 bits per heavy atom. The zero-order valence-corrected chi connectivity index (χ0v) is 13.8. The van der Waals surface area contributed by atoms with Crippen molar-refractivity contribution in [2.75, 3.05) is 0 Å². The van der Waals surface area contributed by atoms with Crippen LogP contribution in [0, 0.1) is 18.7 Å². The van der Waals surface area contributed by atoms with Gasteiger partial charge in [-0.1, -0.05) is 43.7 Å². The van der Waals surface area contributed by atoms with Gasteiger partial charge in [0.1, 0.15) is 5.82 Å². The lowest BCUT2D eigenvalue weighted by molar-refractivity contribution is 0.624. The van der Waals surface area contributed by atoms with E-state index in [1.54, 1.807) is 12.1 Å². The molecule has 0 aliphatic rings. The predicted molar refractivity (Wildman–Crippen MR) is 92.2 cm³/mol. The molecule has 0 bridgehead atoms. The van der Waals surface area contributed by atoms with Crippen LogP contribution in [0.2, 0.25) is 0 Å². The van der Waals surface area contributed by atoms with E-state index >= 15 is 0 Å². The predicted octanol–water partition coefficient (Wildman–Crippen LogP) is 5.19. The van der Waals surface area contributed by atoms with Gasteiger partial charge in [0.2, 0.25) is 0 Å². The summed E-state index contributed by atoms with van der Waals surface area (Å²) in [4.78, 5) is 0. The lowest BCUT2D eigenvalue weighted by Crippen LogP contribution is -1.99. The number of benzene rings is 2. The molecule has 1 aromatic heterocycles. The first kappa shape index (κ1) is 15.5. The lowest BCUT2D eigenvalue weighted by atomic mass is 10.00. The van der Waals surface area contributed by atoms with Crippen LogP contribution in [0.5, 0.6) is 0 Å². The normalized spacial score (nSPS) is 11.2. The Bertz CT molecular complexity index is 784. The van der Waals surface area contributed by atoms with Gasteiger partial charge in [-0.05, 0) is 49.1 Å². The van der Waals surface area contributed by atoms with Crippen LogP contribution >= 0.6 is 0 Å². The maximum absolute atomic E-state index is 13.1. The minimum absolute atomic E-state index is 0.234. The maximum atomic E-state index is 13.1. The van der Waals surface area contributed by atoms with Crippen molar-refractivity contribution < 1.29 is 4.39 Å². The summed E-state index contributed by atoms with van der Waals surface area (Å²) in [6.45, 7) is 6.46. The van der Waals surface area contributed by atoms with Gasteiger partial charge >= 0.3 is 0 Å². The Balaban J connectivity index is 2.06. The third-order valence-corrected chi connectivity index (χ3v) is 3.85. The van der Waals surface area contributed by atoms with Crippen LogP contribution in [0.25, 0.3) is 16.8 Å². The van der Waals surface area contributed by atoms with Crippen molar-refractivity contribution in [3.8, 4) is 16.8 Å². The second kappa shape index (κ2) is 6.37. The molecule has 0 saturated heterocycles. The molecule has 2 aromatic carbocycles. The van der Waals surface area contributed by atoms with E-state index in [9.17, 15) is 4.39 Å². The molecule has 0 fully saturated rings. The zero-order valence-electron chi connectivity index (χ0n) is 13.8. The summed E-state index contributed by atoms with van der Waals surface area (Å²) >= 11 is 0. The minimum Gasteiger partial charge on any atom is -0.240 e. The molecule has 0 aliphatic heterocycles. The Hall–Kier alpha value is -2.42. The van der Waals surface area contributed by atoms with E-state index in [0.717, 1.165) is 23.4 Å². The molecule has 0 N–H and O–H groups in total. The van der Waals surface area contributed by atoms with Gasteiger partial charge in [0.05, 0.1) is 11.4 Å². The second-order valence-corrected chi connectivity index (χ2v) is 6.37. The van der Waals surface area contributed by atoms with E-state index in [1.807, 2.05) is 10.9 Å². The van der Waals surface area contributed by atoms with E-state index < -0.39 is 0 Å². The molecular weight excluding hydrogens is 287 g/mol. The second-order valence-electron chi connectivity index (χ2n) is 6.37. The molecule has 0 atom stereocenters. The smallest absolute Gasteiger partial charge is 0.123 e. The number of aryl methyl sites for hydroxylation is 1. The highest BCUT2D eigenvalue weighted by Gasteiger charge is 2.13. The average molecular weight is 308 g/mol. The zero-order chi connectivity index (χ0) is 16.4. The Morgan fingerprint density at radius 3 is 2.26 bits per heavy atom. The van der Waals surface area contributed by atoms with Crippen LogP contribution in [0.15, 0.2) is 54.7 Å². The summed E-state index contributed by atoms with van der Waals surface area (Å²) < 4.78 is 15.0. The van der Waals surface area contributed by atoms with Gasteiger partial charge in [-0.2, -0.15) is 5.10 Å². The number of hydrogen-bond acceptors (Lipinski definition) is 1. The van der Waals surface area contributed by atoms with Crippen molar-refractivity contribution in [2.45, 2.75) is 27.2 Å². The molecule has 0 spiro atoms. The number of rotatable bonds is 4. The van der Waals surface area contributed by atoms with Crippen LogP contribution in [-0.2, 0) is 6.42 Å². The highest BCUT2D eigenvalue weighted by Crippen LogP contribution is 2.26. The molecular formula is C20H21FN2. The molecule has 0 aliphatic carbocycles. The van der Waals surface area contributed by atoms with Crippen LogP contribution in [-0.4, -0.2) is 9.78 Å². The van der Waals surface area contributed by atoms with E-state index in [1.165, 1.54) is 23.3 Å². The highest BCUT2D eigenvalue weighted by molar-refractivity contribution is 5.66. The summed E-state index contributed by atoms with van der Waals surface area (Å²) in [7, 11) is 0. The standard InChI is InChI=1S/C20H21FN2/c1-14(2)12-20-19(16-6-4-15(3)5-7-16)13-23(22-20)18-10-8-17(21)9-11-18/h4-11,13-14H,12H2,1-3H3. The van der Waals surface area contributed by atoms with E-state index in [0.29, 0.717) is 5.92 Å². The van der Waals surface area contributed by atoms with Crippen LogP contribution < -0.4 is 0 Å². The van der Waals surface area contributed by atoms with Gasteiger partial charge in [-0.15, -0.1) is 0 Å². The number of halogens is 1. The molecule has 3 aromatic rings. The van der Waals surface area contributed by atoms with Crippen LogP contribution in [0.1, 0.15) is 25.1 Å². The number of aromatic nitrogens is 2. The summed E-state index contributed by atoms with van der Waals surface area (Å²) in [5.74, 6) is 0.290. The molecule has 3 heteroatoms. The highest BCUT2D eigenvalue weighted by atomic mass is 19.1. The molecule has 1 heterocycles. The van der Waals surface area contributed by atoms with E-state index in [4.69, 9.17) is 5.10 Å². The van der Waals surface area contributed by atoms with E-state index in [2.05, 4.69) is 45.0 Å². The summed E-state index contributed by atoms with van der Waals surface area (Å²) in [5, 5.41) is 4.74. The van der Waals surface area contributed by atoms with Gasteiger partial charge in [-0.25, -0.2) is 9.07 Å². The number of hydrogen-bond donors (Lipinski definition) is 0. The average Bonchev–Trinajstić information content (AvgIpc) is 2.92. The third-order valence-electron chi connectivity index (χ3n) is 3.85. The van der Waals surface area contributed by atoms with Crippen molar-refractivity contribution in [3.63, 3.8) is 0 Å². The lowest BCUT2D eigenvalue weighted by Gasteiger charge is -2.05. The SMILES string of the molecule is Cc1ccc(-c2cn(-c3ccc(F)cc3)nc2CC(C)C)cc1. The fourth-order valence-corrected chi connectivity index (χ4v) is 2.65. The Morgan fingerprint density at radius 2 is 1.65 bits per heavy atom. The largest absolute Gasteiger partial charge is 0.240 e. The van der Waals surface area contributed by atoms with Crippen molar-refractivity contribution in [2.24, 2.45) is 5.92 Å². The first-order valence-electron chi connectivity index (χ1n) is 7.94. The first-order chi connectivity index (χ1) is 11.0. The van der Waals surface area contributed by atoms with Crippen molar-refractivity contribution in [1.82, 2.24) is 9.78 Å². The van der Waals surface area contributed by atoms with Crippen molar-refractivity contribution in [1.29, 1.82) is 0 Å². The molecule has 3 rings (SSSR count). The quantitative estimate of drug-likeness (QED) is 0.649. The van der Waals surface area contributed by atoms with Gasteiger partial charge in [0.25, 0.3) is 0 Å². The molecule has 0 amide bonds. The van der Waals surface area contributed by atoms with Crippen LogP contribution in [0.3, 0.4) is 0 Å². The van der Waals surface area contributed by atoms with Crippen molar-refractivity contribution >= 4 is 0 Å². The molecule has 23 heavy (non-hydrogen) atoms. The maximum Gasteiger partial charge on any atom is 0.123 e. The fourth-order valence-electron chi connectivity index (χ4n) is 2.65. The topological polar surface area (TPSA) is 17.8 Å². The molecule has 0 saturated carbocycles. The first-order valence-corrected chi connectivity index (χ1v) is 7.94. The van der Waals surface area contributed by atoms with Gasteiger partial charge in [0, 0.05) is 11.8 Å². The Labute approximate surface area is 136 Å². The van der Waals surface area contributed by atoms with Crippen LogP contribution in [0.4, 0.5) is 4.39 Å². The summed E-state index contributed by atoms with van der Waals surface area (Å²) in [5.41, 5.74) is 5.50. The van der Waals surface area contributed by atoms with Crippen molar-refractivity contribution in [3.05, 3.63) is 71.8 Å². The molecule has 118 valence electrons. The third kappa shape index (κ3) is 3.50. The van der Waals surface area contributed by atoms with Gasteiger partial charge in [-0.3, -0.25) is 0 Å². The Kier molecular flexibility index (Phi) is 4.28. The molecule has 0 unspecified atom stereocenters. The monoisotopic (exact) mass is 308 g/mol. The minimum atomic E-state index is -0.234. The van der Waals surface area contributed by atoms with E-state index in [-0.39, 0.29) is 5.82 Å². The molecule has 2 nitrogen and oxygen atoms in total. The number of nitrogens with zero attached hydrogens (tertiary/aromatic N) is 2.